The number of rotatable bonds is 7. The van der Waals surface area contributed by atoms with E-state index in [2.05, 4.69) is 15.9 Å². The molecule has 0 N–H and O–H groups in total. The lowest BCUT2D eigenvalue weighted by molar-refractivity contribution is 0.199. The summed E-state index contributed by atoms with van der Waals surface area (Å²) < 4.78 is 31.1. The third-order valence-corrected chi connectivity index (χ3v) is 5.23. The second-order valence-electron chi connectivity index (χ2n) is 4.01. The molecule has 0 bridgehead atoms. The van der Waals surface area contributed by atoms with Crippen molar-refractivity contribution in [2.75, 3.05) is 26.5 Å². The Kier molecular flexibility index (Phi) is 6.28. The molecule has 0 aliphatic heterocycles. The molecule has 0 aliphatic carbocycles. The van der Waals surface area contributed by atoms with E-state index in [-0.39, 0.29) is 5.75 Å². The number of hydrogen-bond acceptors (Lipinski definition) is 3. The van der Waals surface area contributed by atoms with E-state index in [0.29, 0.717) is 19.6 Å². The number of sulfonamides is 1. The van der Waals surface area contributed by atoms with Crippen molar-refractivity contribution in [3.63, 3.8) is 0 Å². The van der Waals surface area contributed by atoms with Crippen molar-refractivity contribution in [3.8, 4) is 0 Å². The van der Waals surface area contributed by atoms with E-state index in [9.17, 15) is 8.42 Å². The number of methoxy groups -OCH3 is 1. The van der Waals surface area contributed by atoms with Crippen LogP contribution < -0.4 is 0 Å². The lowest BCUT2D eigenvalue weighted by atomic mass is 10.2. The van der Waals surface area contributed by atoms with Gasteiger partial charge in [-0.2, -0.15) is 0 Å². The Hall–Kier alpha value is -0.430. The average molecular weight is 336 g/mol. The summed E-state index contributed by atoms with van der Waals surface area (Å²) in [4.78, 5) is 0. The molecule has 18 heavy (non-hydrogen) atoms. The number of benzene rings is 1. The highest BCUT2D eigenvalue weighted by molar-refractivity contribution is 9.10. The molecule has 1 aromatic carbocycles. The maximum atomic E-state index is 12.0. The smallest absolute Gasteiger partial charge is 0.214 e. The predicted molar refractivity (Wildman–Crippen MR) is 75.9 cm³/mol. The van der Waals surface area contributed by atoms with E-state index in [1.54, 1.807) is 14.2 Å². The zero-order valence-electron chi connectivity index (χ0n) is 10.6. The molecule has 4 nitrogen and oxygen atoms in total. The van der Waals surface area contributed by atoms with Crippen LogP contribution in [0.4, 0.5) is 0 Å². The Labute approximate surface area is 117 Å². The van der Waals surface area contributed by atoms with E-state index >= 15 is 0 Å². The van der Waals surface area contributed by atoms with Gasteiger partial charge in [0, 0.05) is 31.8 Å². The lowest BCUT2D eigenvalue weighted by Gasteiger charge is -2.17. The van der Waals surface area contributed by atoms with Crippen LogP contribution in [0.3, 0.4) is 0 Å². The van der Waals surface area contributed by atoms with Crippen molar-refractivity contribution in [2.24, 2.45) is 0 Å². The molecule has 0 unspecified atom stereocenters. The maximum absolute atomic E-state index is 12.0. The van der Waals surface area contributed by atoms with Crippen LogP contribution in [-0.4, -0.2) is 39.2 Å². The molecule has 0 amide bonds. The van der Waals surface area contributed by atoms with Crippen LogP contribution in [0.5, 0.6) is 0 Å². The molecule has 0 atom stereocenters. The number of ether oxygens (including phenoxy) is 1. The predicted octanol–water partition coefficient (Wildman–Crippen LogP) is 2.25. The van der Waals surface area contributed by atoms with Gasteiger partial charge < -0.3 is 4.74 Å². The van der Waals surface area contributed by atoms with Gasteiger partial charge in [-0.1, -0.05) is 34.1 Å². The third kappa shape index (κ3) is 4.68. The molecular formula is C12H18BrNO3S. The molecule has 0 saturated carbocycles. The van der Waals surface area contributed by atoms with Gasteiger partial charge in [-0.3, -0.25) is 0 Å². The van der Waals surface area contributed by atoms with E-state index in [0.717, 1.165) is 10.0 Å². The summed E-state index contributed by atoms with van der Waals surface area (Å²) in [5, 5.41) is 0. The fraction of sp³-hybridized carbons (Fsp3) is 0.500. The molecule has 102 valence electrons. The molecular weight excluding hydrogens is 318 g/mol. The second-order valence-corrected chi connectivity index (χ2v) is 7.06. The van der Waals surface area contributed by atoms with Crippen LogP contribution in [-0.2, 0) is 21.3 Å². The Morgan fingerprint density at radius 2 is 2.00 bits per heavy atom. The van der Waals surface area contributed by atoms with Crippen molar-refractivity contribution in [1.29, 1.82) is 0 Å². The summed E-state index contributed by atoms with van der Waals surface area (Å²) >= 11 is 3.41. The van der Waals surface area contributed by atoms with Gasteiger partial charge in [-0.05, 0) is 18.1 Å². The van der Waals surface area contributed by atoms with Gasteiger partial charge in [-0.15, -0.1) is 0 Å². The standard InChI is InChI=1S/C12H18BrNO3S/c1-14(18(15,16)9-5-8-17-2)10-11-6-3-4-7-12(11)13/h3-4,6-7H,5,8-10H2,1-2H3. The van der Waals surface area contributed by atoms with Gasteiger partial charge in [0.05, 0.1) is 5.75 Å². The Balaban J connectivity index is 2.64. The van der Waals surface area contributed by atoms with Crippen molar-refractivity contribution >= 4 is 26.0 Å². The SMILES string of the molecule is COCCCS(=O)(=O)N(C)Cc1ccccc1Br. The largest absolute Gasteiger partial charge is 0.385 e. The molecule has 0 radical (unpaired) electrons. The summed E-state index contributed by atoms with van der Waals surface area (Å²) in [6, 6.07) is 7.61. The minimum Gasteiger partial charge on any atom is -0.385 e. The minimum atomic E-state index is -3.21. The van der Waals surface area contributed by atoms with Crippen LogP contribution in [0.1, 0.15) is 12.0 Å². The van der Waals surface area contributed by atoms with Crippen molar-refractivity contribution < 1.29 is 13.2 Å². The van der Waals surface area contributed by atoms with E-state index in [1.165, 1.54) is 4.31 Å². The number of nitrogens with zero attached hydrogens (tertiary/aromatic N) is 1. The number of hydrogen-bond donors (Lipinski definition) is 0. The molecule has 1 rings (SSSR count). The maximum Gasteiger partial charge on any atom is 0.214 e. The number of halogens is 1. The van der Waals surface area contributed by atoms with Crippen molar-refractivity contribution in [2.45, 2.75) is 13.0 Å². The first-order valence-corrected chi connectivity index (χ1v) is 8.04. The molecule has 1 aromatic rings. The summed E-state index contributed by atoms with van der Waals surface area (Å²) in [6.45, 7) is 0.832. The van der Waals surface area contributed by atoms with Crippen LogP contribution in [0.15, 0.2) is 28.7 Å². The average Bonchev–Trinajstić information content (AvgIpc) is 2.32. The van der Waals surface area contributed by atoms with Crippen LogP contribution in [0.2, 0.25) is 0 Å². The highest BCUT2D eigenvalue weighted by Gasteiger charge is 2.18. The molecule has 6 heteroatoms. The first-order chi connectivity index (χ1) is 8.47. The molecule has 0 fully saturated rings. The van der Waals surface area contributed by atoms with Gasteiger partial charge in [-0.25, -0.2) is 12.7 Å². The summed E-state index contributed by atoms with van der Waals surface area (Å²) in [6.07, 6.45) is 0.513. The highest BCUT2D eigenvalue weighted by atomic mass is 79.9. The molecule has 0 aromatic heterocycles. The summed E-state index contributed by atoms with van der Waals surface area (Å²) in [7, 11) is -0.0493. The zero-order valence-corrected chi connectivity index (χ0v) is 13.0. The van der Waals surface area contributed by atoms with Gasteiger partial charge in [0.2, 0.25) is 10.0 Å². The van der Waals surface area contributed by atoms with Crippen molar-refractivity contribution in [1.82, 2.24) is 4.31 Å². The molecule has 0 saturated heterocycles. The highest BCUT2D eigenvalue weighted by Crippen LogP contribution is 2.18. The lowest BCUT2D eigenvalue weighted by Crippen LogP contribution is -2.29. The fourth-order valence-electron chi connectivity index (χ4n) is 1.51. The van der Waals surface area contributed by atoms with E-state index < -0.39 is 10.0 Å². The van der Waals surface area contributed by atoms with Gasteiger partial charge in [0.25, 0.3) is 0 Å². The summed E-state index contributed by atoms with van der Waals surface area (Å²) in [5.74, 6) is 0.113. The third-order valence-electron chi connectivity index (χ3n) is 2.58. The normalized spacial score (nSPS) is 12.0. The molecule has 0 spiro atoms. The first-order valence-electron chi connectivity index (χ1n) is 5.63. The Morgan fingerprint density at radius 3 is 2.61 bits per heavy atom. The Morgan fingerprint density at radius 1 is 1.33 bits per heavy atom. The topological polar surface area (TPSA) is 46.6 Å². The minimum absolute atomic E-state index is 0.113. The van der Waals surface area contributed by atoms with Gasteiger partial charge in [0.1, 0.15) is 0 Å². The Bertz CT molecular complexity index is 476. The van der Waals surface area contributed by atoms with E-state index in [4.69, 9.17) is 4.74 Å². The van der Waals surface area contributed by atoms with Crippen LogP contribution in [0.25, 0.3) is 0 Å². The quantitative estimate of drug-likeness (QED) is 0.718. The first kappa shape index (κ1) is 15.6. The van der Waals surface area contributed by atoms with E-state index in [1.807, 2.05) is 24.3 Å². The second kappa shape index (κ2) is 7.23. The van der Waals surface area contributed by atoms with Gasteiger partial charge in [0.15, 0.2) is 0 Å². The monoisotopic (exact) mass is 335 g/mol. The molecule has 0 aliphatic rings. The van der Waals surface area contributed by atoms with Crippen molar-refractivity contribution in [3.05, 3.63) is 34.3 Å². The van der Waals surface area contributed by atoms with Crippen LogP contribution >= 0.6 is 15.9 Å². The van der Waals surface area contributed by atoms with Crippen LogP contribution in [0, 0.1) is 0 Å². The fourth-order valence-corrected chi connectivity index (χ4v) is 3.05. The zero-order chi connectivity index (χ0) is 13.6. The van der Waals surface area contributed by atoms with Gasteiger partial charge >= 0.3 is 0 Å². The molecule has 0 heterocycles. The summed E-state index contributed by atoms with van der Waals surface area (Å²) in [5.41, 5.74) is 0.954.